The van der Waals surface area contributed by atoms with Crippen molar-refractivity contribution >= 4 is 40.9 Å². The number of hydrogen-bond donors (Lipinski definition) is 1. The van der Waals surface area contributed by atoms with E-state index >= 15 is 0 Å². The fourth-order valence-corrected chi connectivity index (χ4v) is 3.02. The summed E-state index contributed by atoms with van der Waals surface area (Å²) in [6.45, 7) is 2.18. The maximum atomic E-state index is 12.6. The van der Waals surface area contributed by atoms with Gasteiger partial charge in [-0.15, -0.1) is 0 Å². The Bertz CT molecular complexity index is 1130. The zero-order chi connectivity index (χ0) is 21.5. The van der Waals surface area contributed by atoms with Crippen LogP contribution in [0.1, 0.15) is 16.7 Å². The van der Waals surface area contributed by atoms with Crippen LogP contribution in [-0.2, 0) is 11.4 Å². The molecule has 0 spiro atoms. The van der Waals surface area contributed by atoms with E-state index in [1.165, 1.54) is 6.08 Å². The average Bonchev–Trinajstić information content (AvgIpc) is 2.74. The highest BCUT2D eigenvalue weighted by molar-refractivity contribution is 6.31. The summed E-state index contributed by atoms with van der Waals surface area (Å²) in [5.74, 6) is 0.00113. The van der Waals surface area contributed by atoms with Gasteiger partial charge in [0.1, 0.15) is 24.0 Å². The lowest BCUT2D eigenvalue weighted by atomic mass is 10.1. The number of ether oxygens (including phenoxy) is 1. The third-order valence-corrected chi connectivity index (χ3v) is 4.82. The SMILES string of the molecule is Cc1ccccc1NC(=O)/C(C#N)=C/c1cc(Cl)ccc1OCc1ccc(Cl)cc1. The highest BCUT2D eigenvalue weighted by atomic mass is 35.5. The molecular weight excluding hydrogens is 419 g/mol. The molecule has 0 aliphatic carbocycles. The number of para-hydroxylation sites is 1. The van der Waals surface area contributed by atoms with E-state index in [1.807, 2.05) is 43.3 Å². The van der Waals surface area contributed by atoms with Crippen molar-refractivity contribution in [2.24, 2.45) is 0 Å². The molecule has 3 aromatic rings. The smallest absolute Gasteiger partial charge is 0.266 e. The van der Waals surface area contributed by atoms with Crippen LogP contribution in [0.3, 0.4) is 0 Å². The summed E-state index contributed by atoms with van der Waals surface area (Å²) in [5, 5.41) is 13.4. The number of rotatable bonds is 6. The summed E-state index contributed by atoms with van der Waals surface area (Å²) in [6.07, 6.45) is 1.47. The first-order valence-corrected chi connectivity index (χ1v) is 9.87. The standard InChI is InChI=1S/C24H18Cl2N2O2/c1-16-4-2-3-5-22(16)28-24(29)19(14-27)12-18-13-21(26)10-11-23(18)30-15-17-6-8-20(25)9-7-17/h2-13H,15H2,1H3,(H,28,29)/b19-12+. The second-order valence-corrected chi connectivity index (χ2v) is 7.41. The van der Waals surface area contributed by atoms with Gasteiger partial charge in [0.05, 0.1) is 0 Å². The molecule has 150 valence electrons. The molecule has 3 aromatic carbocycles. The molecule has 0 aliphatic rings. The molecule has 30 heavy (non-hydrogen) atoms. The molecule has 0 saturated heterocycles. The number of benzene rings is 3. The van der Waals surface area contributed by atoms with Crippen LogP contribution in [0, 0.1) is 18.3 Å². The molecule has 0 radical (unpaired) electrons. The number of amides is 1. The number of anilines is 1. The first-order valence-electron chi connectivity index (χ1n) is 9.12. The topological polar surface area (TPSA) is 62.1 Å². The Kier molecular flexibility index (Phi) is 7.13. The van der Waals surface area contributed by atoms with E-state index in [0.717, 1.165) is 11.1 Å². The van der Waals surface area contributed by atoms with Gasteiger partial charge in [0, 0.05) is 21.3 Å². The van der Waals surface area contributed by atoms with Crippen molar-refractivity contribution in [3.8, 4) is 11.8 Å². The molecule has 0 aromatic heterocycles. The summed E-state index contributed by atoms with van der Waals surface area (Å²) < 4.78 is 5.89. The summed E-state index contributed by atoms with van der Waals surface area (Å²) >= 11 is 12.0. The Labute approximate surface area is 185 Å². The van der Waals surface area contributed by atoms with Gasteiger partial charge in [-0.25, -0.2) is 0 Å². The first kappa shape index (κ1) is 21.4. The van der Waals surface area contributed by atoms with Gasteiger partial charge in [-0.05, 0) is 60.5 Å². The zero-order valence-corrected chi connectivity index (χ0v) is 17.7. The second kappa shape index (κ2) is 9.98. The number of nitrogens with zero attached hydrogens (tertiary/aromatic N) is 1. The van der Waals surface area contributed by atoms with Crippen LogP contribution in [0.15, 0.2) is 72.3 Å². The Morgan fingerprint density at radius 3 is 2.47 bits per heavy atom. The Balaban J connectivity index is 1.83. The van der Waals surface area contributed by atoms with Crippen molar-refractivity contribution in [2.75, 3.05) is 5.32 Å². The van der Waals surface area contributed by atoms with Gasteiger partial charge in [0.15, 0.2) is 0 Å². The summed E-state index contributed by atoms with van der Waals surface area (Å²) in [5.41, 5.74) is 2.96. The third kappa shape index (κ3) is 5.64. The van der Waals surface area contributed by atoms with Gasteiger partial charge in [-0.1, -0.05) is 53.5 Å². The fourth-order valence-electron chi connectivity index (χ4n) is 2.71. The number of aryl methyl sites for hydroxylation is 1. The van der Waals surface area contributed by atoms with Crippen LogP contribution in [0.5, 0.6) is 5.75 Å². The maximum Gasteiger partial charge on any atom is 0.266 e. The summed E-state index contributed by atoms with van der Waals surface area (Å²) in [4.78, 5) is 12.6. The van der Waals surface area contributed by atoms with Crippen LogP contribution in [0.25, 0.3) is 6.08 Å². The van der Waals surface area contributed by atoms with Crippen LogP contribution < -0.4 is 10.1 Å². The van der Waals surface area contributed by atoms with Crippen LogP contribution in [0.4, 0.5) is 5.69 Å². The van der Waals surface area contributed by atoms with Crippen molar-refractivity contribution in [2.45, 2.75) is 13.5 Å². The Morgan fingerprint density at radius 2 is 1.77 bits per heavy atom. The highest BCUT2D eigenvalue weighted by Crippen LogP contribution is 2.27. The number of halogens is 2. The minimum atomic E-state index is -0.504. The molecule has 0 saturated carbocycles. The molecule has 0 fully saturated rings. The molecule has 3 rings (SSSR count). The van der Waals surface area contributed by atoms with Gasteiger partial charge < -0.3 is 10.1 Å². The van der Waals surface area contributed by atoms with Crippen LogP contribution in [0.2, 0.25) is 10.0 Å². The van der Waals surface area contributed by atoms with Crippen molar-refractivity contribution < 1.29 is 9.53 Å². The van der Waals surface area contributed by atoms with E-state index in [1.54, 1.807) is 36.4 Å². The lowest BCUT2D eigenvalue weighted by molar-refractivity contribution is -0.112. The van der Waals surface area contributed by atoms with E-state index in [-0.39, 0.29) is 5.57 Å². The number of carbonyl (C=O) groups excluding carboxylic acids is 1. The predicted molar refractivity (Wildman–Crippen MR) is 121 cm³/mol. The largest absolute Gasteiger partial charge is 0.488 e. The van der Waals surface area contributed by atoms with Crippen molar-refractivity contribution in [1.82, 2.24) is 0 Å². The minimum absolute atomic E-state index is 0.0585. The zero-order valence-electron chi connectivity index (χ0n) is 16.2. The minimum Gasteiger partial charge on any atom is -0.488 e. The number of hydrogen-bond acceptors (Lipinski definition) is 3. The first-order chi connectivity index (χ1) is 14.5. The molecule has 1 amide bonds. The third-order valence-electron chi connectivity index (χ3n) is 4.34. The van der Waals surface area contributed by atoms with Gasteiger partial charge in [-0.2, -0.15) is 5.26 Å². The van der Waals surface area contributed by atoms with Crippen LogP contribution in [-0.4, -0.2) is 5.91 Å². The molecule has 4 nitrogen and oxygen atoms in total. The Hall–Kier alpha value is -3.26. The molecule has 6 heteroatoms. The Morgan fingerprint density at radius 1 is 1.07 bits per heavy atom. The maximum absolute atomic E-state index is 12.6. The van der Waals surface area contributed by atoms with Gasteiger partial charge in [0.25, 0.3) is 5.91 Å². The highest BCUT2D eigenvalue weighted by Gasteiger charge is 2.13. The van der Waals surface area contributed by atoms with Gasteiger partial charge in [0.2, 0.25) is 0 Å². The van der Waals surface area contributed by atoms with Crippen molar-refractivity contribution in [3.63, 3.8) is 0 Å². The van der Waals surface area contributed by atoms with E-state index < -0.39 is 5.91 Å². The lowest BCUT2D eigenvalue weighted by Crippen LogP contribution is -2.14. The van der Waals surface area contributed by atoms with Gasteiger partial charge >= 0.3 is 0 Å². The second-order valence-electron chi connectivity index (χ2n) is 6.54. The molecular formula is C24H18Cl2N2O2. The normalized spacial score (nSPS) is 10.9. The quantitative estimate of drug-likeness (QED) is 0.357. The monoisotopic (exact) mass is 436 g/mol. The van der Waals surface area contributed by atoms with E-state index in [2.05, 4.69) is 5.32 Å². The number of carbonyl (C=O) groups is 1. The van der Waals surface area contributed by atoms with Crippen LogP contribution >= 0.6 is 23.2 Å². The van der Waals surface area contributed by atoms with E-state index in [9.17, 15) is 10.1 Å². The number of nitriles is 1. The molecule has 0 bridgehead atoms. The molecule has 0 atom stereocenters. The van der Waals surface area contributed by atoms with Crippen molar-refractivity contribution in [3.05, 3.63) is 99.0 Å². The fraction of sp³-hybridized carbons (Fsp3) is 0.0833. The van der Waals surface area contributed by atoms with E-state index in [4.69, 9.17) is 27.9 Å². The molecule has 1 N–H and O–H groups in total. The summed E-state index contributed by atoms with van der Waals surface area (Å²) in [6, 6.07) is 21.7. The molecule has 0 heterocycles. The molecule has 0 aliphatic heterocycles. The molecule has 0 unspecified atom stereocenters. The lowest BCUT2D eigenvalue weighted by Gasteiger charge is -2.11. The number of nitrogens with one attached hydrogen (secondary N) is 1. The average molecular weight is 437 g/mol. The predicted octanol–water partition coefficient (Wildman–Crippen LogP) is 6.43. The van der Waals surface area contributed by atoms with E-state index in [0.29, 0.717) is 33.7 Å². The van der Waals surface area contributed by atoms with Gasteiger partial charge in [-0.3, -0.25) is 4.79 Å². The summed E-state index contributed by atoms with van der Waals surface area (Å²) in [7, 11) is 0. The van der Waals surface area contributed by atoms with Crippen molar-refractivity contribution in [1.29, 1.82) is 5.26 Å².